The van der Waals surface area contributed by atoms with Crippen LogP contribution in [-0.4, -0.2) is 16.6 Å². The van der Waals surface area contributed by atoms with Gasteiger partial charge in [0.05, 0.1) is 4.92 Å². The number of nitro benzene ring substituents is 1. The summed E-state index contributed by atoms with van der Waals surface area (Å²) in [6.45, 7) is 3.29. The molecule has 1 aromatic carbocycles. The number of aliphatic hydroxyl groups excluding tert-OH is 1. The number of hydrogen-bond acceptors (Lipinski definition) is 4. The van der Waals surface area contributed by atoms with E-state index in [-0.39, 0.29) is 19.0 Å². The summed E-state index contributed by atoms with van der Waals surface area (Å²) in [4.78, 5) is 9.80. The van der Waals surface area contributed by atoms with E-state index in [0.717, 1.165) is 12.1 Å². The Kier molecular flexibility index (Phi) is 5.66. The minimum Gasteiger partial charge on any atom is -0.396 e. The van der Waals surface area contributed by atoms with E-state index in [0.29, 0.717) is 5.56 Å². The molecular formula is C11H16ClFN2O3. The van der Waals surface area contributed by atoms with Crippen LogP contribution in [0.15, 0.2) is 18.2 Å². The fourth-order valence-corrected chi connectivity index (χ4v) is 1.41. The number of aliphatic hydroxyl groups is 1. The quantitative estimate of drug-likeness (QED) is 0.652. The van der Waals surface area contributed by atoms with Crippen molar-refractivity contribution in [2.24, 2.45) is 11.1 Å². The van der Waals surface area contributed by atoms with Gasteiger partial charge in [-0.05, 0) is 11.6 Å². The number of hydrogen-bond donors (Lipinski definition) is 2. The predicted molar refractivity (Wildman–Crippen MR) is 68.1 cm³/mol. The van der Waals surface area contributed by atoms with Gasteiger partial charge in [0.15, 0.2) is 0 Å². The summed E-state index contributed by atoms with van der Waals surface area (Å²) in [7, 11) is 0. The van der Waals surface area contributed by atoms with Crippen LogP contribution in [0.5, 0.6) is 0 Å². The van der Waals surface area contributed by atoms with E-state index in [1.54, 1.807) is 13.8 Å². The predicted octanol–water partition coefficient (Wildman–Crippen LogP) is 2.17. The highest BCUT2D eigenvalue weighted by Crippen LogP contribution is 2.32. The molecule has 0 aliphatic heterocycles. The van der Waals surface area contributed by atoms with E-state index >= 15 is 0 Å². The molecule has 102 valence electrons. The number of benzene rings is 1. The second-order valence-electron chi connectivity index (χ2n) is 4.59. The van der Waals surface area contributed by atoms with Crippen LogP contribution < -0.4 is 5.73 Å². The van der Waals surface area contributed by atoms with E-state index in [1.807, 2.05) is 0 Å². The first-order valence-corrected chi connectivity index (χ1v) is 5.10. The van der Waals surface area contributed by atoms with Gasteiger partial charge in [-0.1, -0.05) is 19.9 Å². The summed E-state index contributed by atoms with van der Waals surface area (Å²) in [5.41, 5.74) is 5.09. The number of nitrogens with zero attached hydrogens (tertiary/aromatic N) is 1. The van der Waals surface area contributed by atoms with Crippen LogP contribution in [0.4, 0.5) is 10.1 Å². The molecule has 0 saturated carbocycles. The minimum atomic E-state index is -0.896. The molecule has 1 atom stereocenters. The van der Waals surface area contributed by atoms with Crippen molar-refractivity contribution in [1.29, 1.82) is 0 Å². The average molecular weight is 279 g/mol. The Morgan fingerprint density at radius 2 is 2.11 bits per heavy atom. The average Bonchev–Trinajstić information content (AvgIpc) is 2.28. The molecule has 0 aliphatic rings. The van der Waals surface area contributed by atoms with E-state index in [2.05, 4.69) is 0 Å². The van der Waals surface area contributed by atoms with E-state index in [9.17, 15) is 19.6 Å². The molecule has 0 fully saturated rings. The third-order valence-corrected chi connectivity index (χ3v) is 2.78. The molecule has 18 heavy (non-hydrogen) atoms. The standard InChI is InChI=1S/C11H15FN2O3.ClH/c1-11(2,6-15)10(13)7-3-4-8(12)9(5-7)14(16)17;/h3-5,10,15H,6,13H2,1-2H3;1H/t10-;/m1./s1. The van der Waals surface area contributed by atoms with Gasteiger partial charge < -0.3 is 10.8 Å². The van der Waals surface area contributed by atoms with Crippen molar-refractivity contribution in [3.8, 4) is 0 Å². The number of nitro groups is 1. The van der Waals surface area contributed by atoms with Crippen LogP contribution in [0.1, 0.15) is 25.5 Å². The van der Waals surface area contributed by atoms with Crippen LogP contribution in [0.3, 0.4) is 0 Å². The number of rotatable bonds is 4. The molecule has 5 nitrogen and oxygen atoms in total. The lowest BCUT2D eigenvalue weighted by Gasteiger charge is -2.29. The highest BCUT2D eigenvalue weighted by Gasteiger charge is 2.28. The van der Waals surface area contributed by atoms with Crippen LogP contribution in [0.25, 0.3) is 0 Å². The van der Waals surface area contributed by atoms with Crippen molar-refractivity contribution in [2.45, 2.75) is 19.9 Å². The van der Waals surface area contributed by atoms with Gasteiger partial charge in [-0.2, -0.15) is 4.39 Å². The first kappa shape index (κ1) is 16.8. The molecule has 0 radical (unpaired) electrons. The van der Waals surface area contributed by atoms with Crippen LogP contribution in [0, 0.1) is 21.3 Å². The topological polar surface area (TPSA) is 89.4 Å². The van der Waals surface area contributed by atoms with Gasteiger partial charge >= 0.3 is 5.69 Å². The fourth-order valence-electron chi connectivity index (χ4n) is 1.41. The SMILES string of the molecule is CC(C)(CO)[C@H](N)c1ccc(F)c([N+](=O)[O-])c1.Cl. The molecule has 1 aromatic rings. The Hall–Kier alpha value is -1.24. The summed E-state index contributed by atoms with van der Waals surface area (Å²) in [6, 6.07) is 2.91. The second kappa shape index (κ2) is 6.08. The molecule has 0 aromatic heterocycles. The van der Waals surface area contributed by atoms with Crippen LogP contribution in [-0.2, 0) is 0 Å². The van der Waals surface area contributed by atoms with Gasteiger partial charge in [-0.25, -0.2) is 0 Å². The Bertz CT molecular complexity index is 440. The molecule has 0 spiro atoms. The van der Waals surface area contributed by atoms with Gasteiger partial charge in [0.1, 0.15) is 0 Å². The van der Waals surface area contributed by atoms with Crippen LogP contribution in [0.2, 0.25) is 0 Å². The Morgan fingerprint density at radius 3 is 2.56 bits per heavy atom. The number of nitrogens with two attached hydrogens (primary N) is 1. The zero-order valence-corrected chi connectivity index (χ0v) is 10.9. The Balaban J connectivity index is 0.00000289. The van der Waals surface area contributed by atoms with E-state index < -0.39 is 27.9 Å². The lowest BCUT2D eigenvalue weighted by atomic mass is 9.82. The zero-order chi connectivity index (χ0) is 13.2. The van der Waals surface area contributed by atoms with Crippen molar-refractivity contribution >= 4 is 18.1 Å². The smallest absolute Gasteiger partial charge is 0.305 e. The molecular weight excluding hydrogens is 263 g/mol. The molecule has 0 unspecified atom stereocenters. The maximum atomic E-state index is 13.1. The van der Waals surface area contributed by atoms with Crippen molar-refractivity contribution in [3.05, 3.63) is 39.7 Å². The Labute approximate surface area is 110 Å². The number of halogens is 2. The van der Waals surface area contributed by atoms with Crippen molar-refractivity contribution in [2.75, 3.05) is 6.61 Å². The third kappa shape index (κ3) is 3.38. The van der Waals surface area contributed by atoms with Gasteiger partial charge in [0, 0.05) is 24.1 Å². The summed E-state index contributed by atoms with van der Waals surface area (Å²) < 4.78 is 13.1. The molecule has 0 heterocycles. The van der Waals surface area contributed by atoms with Gasteiger partial charge in [-0.15, -0.1) is 12.4 Å². The summed E-state index contributed by atoms with van der Waals surface area (Å²) in [5.74, 6) is -0.896. The zero-order valence-electron chi connectivity index (χ0n) is 10.1. The van der Waals surface area contributed by atoms with Gasteiger partial charge in [0.25, 0.3) is 0 Å². The van der Waals surface area contributed by atoms with Crippen LogP contribution >= 0.6 is 12.4 Å². The normalized spacial score (nSPS) is 12.7. The highest BCUT2D eigenvalue weighted by molar-refractivity contribution is 5.85. The lowest BCUT2D eigenvalue weighted by Crippen LogP contribution is -2.32. The molecule has 1 rings (SSSR count). The maximum Gasteiger partial charge on any atom is 0.305 e. The van der Waals surface area contributed by atoms with Gasteiger partial charge in [-0.3, -0.25) is 10.1 Å². The first-order valence-electron chi connectivity index (χ1n) is 5.10. The van der Waals surface area contributed by atoms with Crippen molar-refractivity contribution in [1.82, 2.24) is 0 Å². The third-order valence-electron chi connectivity index (χ3n) is 2.78. The Morgan fingerprint density at radius 1 is 1.56 bits per heavy atom. The molecule has 0 aliphatic carbocycles. The lowest BCUT2D eigenvalue weighted by molar-refractivity contribution is -0.387. The highest BCUT2D eigenvalue weighted by atomic mass is 35.5. The first-order chi connectivity index (χ1) is 7.79. The fraction of sp³-hybridized carbons (Fsp3) is 0.455. The molecule has 0 amide bonds. The summed E-state index contributed by atoms with van der Waals surface area (Å²) in [6.07, 6.45) is 0. The monoisotopic (exact) mass is 278 g/mol. The second-order valence-corrected chi connectivity index (χ2v) is 4.59. The van der Waals surface area contributed by atoms with Crippen molar-refractivity contribution < 1.29 is 14.4 Å². The maximum absolute atomic E-state index is 13.1. The summed E-state index contributed by atoms with van der Waals surface area (Å²) in [5, 5.41) is 19.8. The molecule has 7 heteroatoms. The largest absolute Gasteiger partial charge is 0.396 e. The van der Waals surface area contributed by atoms with E-state index in [4.69, 9.17) is 5.73 Å². The molecule has 0 saturated heterocycles. The summed E-state index contributed by atoms with van der Waals surface area (Å²) >= 11 is 0. The van der Waals surface area contributed by atoms with E-state index in [1.165, 1.54) is 6.07 Å². The minimum absolute atomic E-state index is 0. The van der Waals surface area contributed by atoms with Crippen molar-refractivity contribution in [3.63, 3.8) is 0 Å². The van der Waals surface area contributed by atoms with Gasteiger partial charge in [0.2, 0.25) is 5.82 Å². The molecule has 0 bridgehead atoms. The molecule has 3 N–H and O–H groups in total.